The first kappa shape index (κ1) is 15.0. The van der Waals surface area contributed by atoms with Gasteiger partial charge in [-0.2, -0.15) is 0 Å². The number of pyridine rings is 1. The van der Waals surface area contributed by atoms with Crippen molar-refractivity contribution in [2.45, 2.75) is 13.5 Å². The standard InChI is InChI=1S/C14H12Br2N2O2/c1-8-2-3-9(14(19)20)4-12(8)18-7-13-11(16)5-10(15)6-17-13/h2-6,18H,7H2,1H3,(H,19,20). The Kier molecular flexibility index (Phi) is 4.77. The second-order valence-electron chi connectivity index (χ2n) is 4.27. The lowest BCUT2D eigenvalue weighted by Crippen LogP contribution is -2.05. The third kappa shape index (κ3) is 3.58. The van der Waals surface area contributed by atoms with Gasteiger partial charge < -0.3 is 10.4 Å². The van der Waals surface area contributed by atoms with Crippen molar-refractivity contribution in [1.82, 2.24) is 4.98 Å². The molecule has 0 unspecified atom stereocenters. The Morgan fingerprint density at radius 1 is 1.35 bits per heavy atom. The molecule has 2 rings (SSSR count). The fourth-order valence-electron chi connectivity index (χ4n) is 1.70. The minimum absolute atomic E-state index is 0.265. The van der Waals surface area contributed by atoms with E-state index in [1.165, 1.54) is 0 Å². The summed E-state index contributed by atoms with van der Waals surface area (Å²) >= 11 is 6.80. The molecule has 2 N–H and O–H groups in total. The number of nitrogens with zero attached hydrogens (tertiary/aromatic N) is 1. The SMILES string of the molecule is Cc1ccc(C(=O)O)cc1NCc1ncc(Br)cc1Br. The number of rotatable bonds is 4. The van der Waals surface area contributed by atoms with Crippen molar-refractivity contribution < 1.29 is 9.90 Å². The number of hydrogen-bond acceptors (Lipinski definition) is 3. The maximum atomic E-state index is 11.0. The Morgan fingerprint density at radius 2 is 2.10 bits per heavy atom. The molecule has 4 nitrogen and oxygen atoms in total. The molecule has 0 aliphatic carbocycles. The predicted octanol–water partition coefficient (Wildman–Crippen LogP) is 4.23. The molecule has 20 heavy (non-hydrogen) atoms. The number of carbonyl (C=O) groups is 1. The number of hydrogen-bond donors (Lipinski definition) is 2. The Labute approximate surface area is 133 Å². The molecule has 1 heterocycles. The highest BCUT2D eigenvalue weighted by Gasteiger charge is 2.07. The van der Waals surface area contributed by atoms with E-state index in [0.29, 0.717) is 6.54 Å². The van der Waals surface area contributed by atoms with E-state index < -0.39 is 5.97 Å². The van der Waals surface area contributed by atoms with Crippen molar-refractivity contribution in [1.29, 1.82) is 0 Å². The van der Waals surface area contributed by atoms with Crippen molar-refractivity contribution in [3.05, 3.63) is 56.2 Å². The maximum Gasteiger partial charge on any atom is 0.335 e. The molecule has 104 valence electrons. The average Bonchev–Trinajstić information content (AvgIpc) is 2.39. The zero-order valence-corrected chi connectivity index (χ0v) is 13.8. The van der Waals surface area contributed by atoms with E-state index in [2.05, 4.69) is 42.2 Å². The van der Waals surface area contributed by atoms with E-state index >= 15 is 0 Å². The zero-order chi connectivity index (χ0) is 14.7. The summed E-state index contributed by atoms with van der Waals surface area (Å²) in [4.78, 5) is 15.3. The predicted molar refractivity (Wildman–Crippen MR) is 85.1 cm³/mol. The van der Waals surface area contributed by atoms with Crippen molar-refractivity contribution in [3.8, 4) is 0 Å². The second kappa shape index (κ2) is 6.37. The number of halogens is 2. The van der Waals surface area contributed by atoms with Gasteiger partial charge in [0.15, 0.2) is 0 Å². The highest BCUT2D eigenvalue weighted by molar-refractivity contribution is 9.11. The lowest BCUT2D eigenvalue weighted by Gasteiger charge is -2.11. The number of carboxylic acids is 1. The quantitative estimate of drug-likeness (QED) is 0.807. The van der Waals surface area contributed by atoms with Gasteiger partial charge in [-0.15, -0.1) is 0 Å². The summed E-state index contributed by atoms with van der Waals surface area (Å²) in [7, 11) is 0. The summed E-state index contributed by atoms with van der Waals surface area (Å²) in [6.45, 7) is 2.44. The van der Waals surface area contributed by atoms with Gasteiger partial charge in [-0.3, -0.25) is 4.98 Å². The van der Waals surface area contributed by atoms with Crippen molar-refractivity contribution in [3.63, 3.8) is 0 Å². The van der Waals surface area contributed by atoms with Crippen LogP contribution in [0.2, 0.25) is 0 Å². The first-order chi connectivity index (χ1) is 9.47. The van der Waals surface area contributed by atoms with Crippen LogP contribution in [0.15, 0.2) is 39.4 Å². The van der Waals surface area contributed by atoms with Gasteiger partial charge in [0.1, 0.15) is 0 Å². The van der Waals surface area contributed by atoms with E-state index in [9.17, 15) is 4.79 Å². The van der Waals surface area contributed by atoms with E-state index in [0.717, 1.165) is 25.9 Å². The van der Waals surface area contributed by atoms with Gasteiger partial charge in [-0.25, -0.2) is 4.79 Å². The molecule has 0 saturated carbocycles. The average molecular weight is 400 g/mol. The summed E-state index contributed by atoms with van der Waals surface area (Å²) in [5, 5.41) is 12.2. The molecule has 0 aliphatic rings. The smallest absolute Gasteiger partial charge is 0.335 e. The number of benzene rings is 1. The Hall–Kier alpha value is -1.40. The van der Waals surface area contributed by atoms with E-state index in [-0.39, 0.29) is 5.56 Å². The van der Waals surface area contributed by atoms with Crippen LogP contribution in [0.4, 0.5) is 5.69 Å². The molecule has 0 spiro atoms. The molecule has 2 aromatic rings. The number of carboxylic acid groups (broad SMARTS) is 1. The highest BCUT2D eigenvalue weighted by Crippen LogP contribution is 2.22. The molecular formula is C14H12Br2N2O2. The van der Waals surface area contributed by atoms with Crippen LogP contribution >= 0.6 is 31.9 Å². The Balaban J connectivity index is 2.18. The molecule has 0 amide bonds. The van der Waals surface area contributed by atoms with Crippen molar-refractivity contribution in [2.75, 3.05) is 5.32 Å². The van der Waals surface area contributed by atoms with Crippen LogP contribution in [0.25, 0.3) is 0 Å². The van der Waals surface area contributed by atoms with Crippen LogP contribution in [0.1, 0.15) is 21.6 Å². The third-order valence-electron chi connectivity index (χ3n) is 2.81. The summed E-state index contributed by atoms with van der Waals surface area (Å²) in [5.74, 6) is -0.934. The molecule has 0 aliphatic heterocycles. The number of aromatic carboxylic acids is 1. The third-order valence-corrected chi connectivity index (χ3v) is 3.94. The second-order valence-corrected chi connectivity index (χ2v) is 6.04. The summed E-state index contributed by atoms with van der Waals surface area (Å²) in [6.07, 6.45) is 1.72. The van der Waals surface area contributed by atoms with Gasteiger partial charge >= 0.3 is 5.97 Å². The van der Waals surface area contributed by atoms with Gasteiger partial charge in [0.25, 0.3) is 0 Å². The Bertz CT molecular complexity index is 660. The van der Waals surface area contributed by atoms with Crippen molar-refractivity contribution >= 4 is 43.5 Å². The summed E-state index contributed by atoms with van der Waals surface area (Å²) < 4.78 is 1.79. The molecule has 0 bridgehead atoms. The molecule has 1 aromatic heterocycles. The van der Waals surface area contributed by atoms with E-state index in [1.807, 2.05) is 13.0 Å². The van der Waals surface area contributed by atoms with Gasteiger partial charge in [0.2, 0.25) is 0 Å². The van der Waals surface area contributed by atoms with Gasteiger partial charge in [-0.05, 0) is 62.5 Å². The number of aromatic nitrogens is 1. The fraction of sp³-hybridized carbons (Fsp3) is 0.143. The topological polar surface area (TPSA) is 62.2 Å². The van der Waals surface area contributed by atoms with Crippen LogP contribution in [0.5, 0.6) is 0 Å². The van der Waals surface area contributed by atoms with Crippen LogP contribution in [-0.2, 0) is 6.54 Å². The lowest BCUT2D eigenvalue weighted by atomic mass is 10.1. The highest BCUT2D eigenvalue weighted by atomic mass is 79.9. The minimum atomic E-state index is -0.934. The molecule has 6 heteroatoms. The Morgan fingerprint density at radius 3 is 2.75 bits per heavy atom. The van der Waals surface area contributed by atoms with Gasteiger partial charge in [0.05, 0.1) is 17.8 Å². The lowest BCUT2D eigenvalue weighted by molar-refractivity contribution is 0.0697. The molecule has 0 fully saturated rings. The molecule has 0 radical (unpaired) electrons. The molecule has 0 saturated heterocycles. The monoisotopic (exact) mass is 398 g/mol. The first-order valence-corrected chi connectivity index (χ1v) is 7.43. The molecule has 0 atom stereocenters. The first-order valence-electron chi connectivity index (χ1n) is 5.85. The van der Waals surface area contributed by atoms with E-state index in [1.54, 1.807) is 24.4 Å². The minimum Gasteiger partial charge on any atom is -0.478 e. The largest absolute Gasteiger partial charge is 0.478 e. The number of nitrogens with one attached hydrogen (secondary N) is 1. The number of aryl methyl sites for hydroxylation is 1. The zero-order valence-electron chi connectivity index (χ0n) is 10.7. The van der Waals surface area contributed by atoms with Crippen LogP contribution in [0.3, 0.4) is 0 Å². The van der Waals surface area contributed by atoms with E-state index in [4.69, 9.17) is 5.11 Å². The van der Waals surface area contributed by atoms with Crippen LogP contribution in [0, 0.1) is 6.92 Å². The van der Waals surface area contributed by atoms with Crippen LogP contribution < -0.4 is 5.32 Å². The maximum absolute atomic E-state index is 11.0. The molecular weight excluding hydrogens is 388 g/mol. The van der Waals surface area contributed by atoms with Crippen molar-refractivity contribution in [2.24, 2.45) is 0 Å². The summed E-state index contributed by atoms with van der Waals surface area (Å²) in [6, 6.07) is 6.93. The van der Waals surface area contributed by atoms with Gasteiger partial charge in [0, 0.05) is 20.8 Å². The number of anilines is 1. The summed E-state index contributed by atoms with van der Waals surface area (Å²) in [5.41, 5.74) is 2.90. The normalized spacial score (nSPS) is 10.3. The van der Waals surface area contributed by atoms with Crippen LogP contribution in [-0.4, -0.2) is 16.1 Å². The fourth-order valence-corrected chi connectivity index (χ4v) is 2.83. The van der Waals surface area contributed by atoms with Gasteiger partial charge in [-0.1, -0.05) is 6.07 Å². The molecule has 1 aromatic carbocycles.